The molecule has 7 nitrogen and oxygen atoms in total. The molecule has 0 spiro atoms. The van der Waals surface area contributed by atoms with Gasteiger partial charge in [-0.2, -0.15) is 0 Å². The van der Waals surface area contributed by atoms with E-state index in [4.69, 9.17) is 9.26 Å². The lowest BCUT2D eigenvalue weighted by Crippen LogP contribution is -2.06. The number of carbonyl (C=O) groups is 1. The van der Waals surface area contributed by atoms with Gasteiger partial charge in [-0.15, -0.1) is 0 Å². The predicted octanol–water partition coefficient (Wildman–Crippen LogP) is 5.59. The third kappa shape index (κ3) is 3.80. The molecular formula is C27H19FN2O5. The van der Waals surface area contributed by atoms with Crippen LogP contribution in [0, 0.1) is 5.82 Å². The van der Waals surface area contributed by atoms with Crippen molar-refractivity contribution in [2.45, 2.75) is 0 Å². The normalized spacial score (nSPS) is 10.9. The van der Waals surface area contributed by atoms with Gasteiger partial charge in [0.1, 0.15) is 23.5 Å². The summed E-state index contributed by atoms with van der Waals surface area (Å²) in [6.45, 7) is 0. The molecule has 2 aromatic heterocycles. The van der Waals surface area contributed by atoms with Crippen LogP contribution in [0.5, 0.6) is 17.4 Å². The highest BCUT2D eigenvalue weighted by Gasteiger charge is 2.31. The largest absolute Gasteiger partial charge is 0.503 e. The minimum absolute atomic E-state index is 0.0214. The summed E-state index contributed by atoms with van der Waals surface area (Å²) in [5.74, 6) is -1.89. The number of nitrogens with zero attached hydrogens (tertiary/aromatic N) is 2. The van der Waals surface area contributed by atoms with Crippen LogP contribution in [0.4, 0.5) is 4.39 Å². The number of rotatable bonds is 6. The summed E-state index contributed by atoms with van der Waals surface area (Å²) in [4.78, 5) is 13.5. The molecule has 2 N–H and O–H groups in total. The van der Waals surface area contributed by atoms with Crippen LogP contribution in [0.15, 0.2) is 89.6 Å². The van der Waals surface area contributed by atoms with E-state index in [-0.39, 0.29) is 22.4 Å². The van der Waals surface area contributed by atoms with E-state index in [1.807, 2.05) is 0 Å². The first kappa shape index (κ1) is 22.0. The number of halogens is 1. The van der Waals surface area contributed by atoms with Crippen molar-refractivity contribution in [1.29, 1.82) is 0 Å². The van der Waals surface area contributed by atoms with E-state index in [0.717, 1.165) is 5.56 Å². The van der Waals surface area contributed by atoms with Crippen molar-refractivity contribution in [3.63, 3.8) is 0 Å². The average molecular weight is 470 g/mol. The van der Waals surface area contributed by atoms with Gasteiger partial charge in [-0.05, 0) is 48.5 Å². The number of hydrogen-bond donors (Lipinski definition) is 2. The number of aromatic hydroxyl groups is 2. The van der Waals surface area contributed by atoms with Crippen molar-refractivity contribution < 1.29 is 28.7 Å². The lowest BCUT2D eigenvalue weighted by molar-refractivity contribution is 0.103. The zero-order valence-electron chi connectivity index (χ0n) is 18.5. The molecule has 0 saturated heterocycles. The van der Waals surface area contributed by atoms with Gasteiger partial charge in [-0.3, -0.25) is 9.36 Å². The Hall–Kier alpha value is -4.85. The minimum atomic E-state index is -0.648. The molecule has 0 atom stereocenters. The summed E-state index contributed by atoms with van der Waals surface area (Å²) in [5, 5.41) is 25.7. The van der Waals surface area contributed by atoms with Gasteiger partial charge in [0.15, 0.2) is 11.5 Å². The van der Waals surface area contributed by atoms with Crippen LogP contribution in [0.1, 0.15) is 15.9 Å². The van der Waals surface area contributed by atoms with Gasteiger partial charge in [0.05, 0.1) is 18.4 Å². The molecule has 3 aromatic carbocycles. The van der Waals surface area contributed by atoms with Crippen molar-refractivity contribution in [2.24, 2.45) is 0 Å². The highest BCUT2D eigenvalue weighted by molar-refractivity contribution is 6.15. The number of methoxy groups -OCH3 is 1. The van der Waals surface area contributed by atoms with Crippen molar-refractivity contribution in [3.05, 3.63) is 102 Å². The minimum Gasteiger partial charge on any atom is -0.503 e. The average Bonchev–Trinajstić information content (AvgIpc) is 3.51. The fourth-order valence-corrected chi connectivity index (χ4v) is 3.95. The molecule has 0 fully saturated rings. The molecule has 0 saturated carbocycles. The van der Waals surface area contributed by atoms with Crippen LogP contribution in [-0.4, -0.2) is 32.8 Å². The van der Waals surface area contributed by atoms with Gasteiger partial charge in [0, 0.05) is 28.4 Å². The molecular weight excluding hydrogens is 451 g/mol. The van der Waals surface area contributed by atoms with Crippen LogP contribution in [-0.2, 0) is 0 Å². The molecule has 0 aliphatic carbocycles. The van der Waals surface area contributed by atoms with E-state index in [1.165, 1.54) is 48.3 Å². The summed E-state index contributed by atoms with van der Waals surface area (Å²) in [6, 6.07) is 20.6. The Kier molecular flexibility index (Phi) is 5.54. The molecule has 2 heterocycles. The van der Waals surface area contributed by atoms with E-state index in [9.17, 15) is 19.4 Å². The Labute approximate surface area is 199 Å². The van der Waals surface area contributed by atoms with Gasteiger partial charge in [-0.25, -0.2) is 4.39 Å². The summed E-state index contributed by atoms with van der Waals surface area (Å²) >= 11 is 0. The van der Waals surface area contributed by atoms with Crippen molar-refractivity contribution in [1.82, 2.24) is 9.72 Å². The Balaban J connectivity index is 1.72. The number of benzene rings is 3. The summed E-state index contributed by atoms with van der Waals surface area (Å²) in [5.41, 5.74) is 1.84. The van der Waals surface area contributed by atoms with Crippen LogP contribution in [0.2, 0.25) is 0 Å². The number of aromatic nitrogens is 2. The highest BCUT2D eigenvalue weighted by Crippen LogP contribution is 2.44. The Morgan fingerprint density at radius 2 is 1.69 bits per heavy atom. The topological polar surface area (TPSA) is 97.7 Å². The standard InChI is InChI=1S/C27H19FN2O5/c1-34-19-12-8-17(9-13-19)25(31)23-24(20-4-2-3-5-21(20)28)30(27(33)26(23)32)18-10-6-16(7-11-18)22-14-15-35-29-22/h2-15,32-33H,1H3. The number of ether oxygens (including phenoxy) is 1. The first-order valence-corrected chi connectivity index (χ1v) is 10.6. The predicted molar refractivity (Wildman–Crippen MR) is 126 cm³/mol. The van der Waals surface area contributed by atoms with Crippen molar-refractivity contribution >= 4 is 5.78 Å². The summed E-state index contributed by atoms with van der Waals surface area (Å²) in [7, 11) is 1.50. The fourth-order valence-electron chi connectivity index (χ4n) is 3.95. The molecule has 0 bridgehead atoms. The number of hydrogen-bond acceptors (Lipinski definition) is 6. The molecule has 0 amide bonds. The molecule has 0 unspecified atom stereocenters. The van der Waals surface area contributed by atoms with Gasteiger partial charge in [0.2, 0.25) is 5.88 Å². The van der Waals surface area contributed by atoms with Crippen LogP contribution < -0.4 is 4.74 Å². The Morgan fingerprint density at radius 3 is 2.31 bits per heavy atom. The fraction of sp³-hybridized carbons (Fsp3) is 0.0370. The van der Waals surface area contributed by atoms with Gasteiger partial charge in [-0.1, -0.05) is 29.4 Å². The van der Waals surface area contributed by atoms with Gasteiger partial charge < -0.3 is 19.5 Å². The molecule has 8 heteroatoms. The van der Waals surface area contributed by atoms with Crippen molar-refractivity contribution in [2.75, 3.05) is 7.11 Å². The van der Waals surface area contributed by atoms with E-state index in [1.54, 1.807) is 48.5 Å². The van der Waals surface area contributed by atoms with E-state index < -0.39 is 23.2 Å². The first-order valence-electron chi connectivity index (χ1n) is 10.6. The second-order valence-electron chi connectivity index (χ2n) is 7.70. The molecule has 0 radical (unpaired) electrons. The van der Waals surface area contributed by atoms with E-state index in [0.29, 0.717) is 17.1 Å². The Bertz CT molecular complexity index is 1500. The molecule has 5 aromatic rings. The maximum atomic E-state index is 15.0. The van der Waals surface area contributed by atoms with Crippen LogP contribution in [0.3, 0.4) is 0 Å². The molecule has 0 aliphatic heterocycles. The van der Waals surface area contributed by atoms with Gasteiger partial charge >= 0.3 is 0 Å². The maximum absolute atomic E-state index is 15.0. The summed E-state index contributed by atoms with van der Waals surface area (Å²) < 4.78 is 26.3. The molecule has 35 heavy (non-hydrogen) atoms. The zero-order valence-corrected chi connectivity index (χ0v) is 18.5. The van der Waals surface area contributed by atoms with E-state index >= 15 is 0 Å². The Morgan fingerprint density at radius 1 is 0.971 bits per heavy atom. The van der Waals surface area contributed by atoms with E-state index in [2.05, 4.69) is 5.16 Å². The third-order valence-corrected chi connectivity index (χ3v) is 5.69. The van der Waals surface area contributed by atoms with Crippen molar-refractivity contribution in [3.8, 4) is 45.6 Å². The molecule has 174 valence electrons. The summed E-state index contributed by atoms with van der Waals surface area (Å²) in [6.07, 6.45) is 1.45. The second-order valence-corrected chi connectivity index (χ2v) is 7.70. The molecule has 5 rings (SSSR count). The number of carbonyl (C=O) groups excluding carboxylic acids is 1. The first-order chi connectivity index (χ1) is 17.0. The quantitative estimate of drug-likeness (QED) is 0.314. The molecule has 0 aliphatic rings. The number of ketones is 1. The SMILES string of the molecule is COc1ccc(C(=O)c2c(O)c(O)n(-c3ccc(-c4ccon4)cc3)c2-c2ccccc2F)cc1. The van der Waals surface area contributed by atoms with Gasteiger partial charge in [0.25, 0.3) is 0 Å². The highest BCUT2D eigenvalue weighted by atomic mass is 19.1. The third-order valence-electron chi connectivity index (χ3n) is 5.69. The monoisotopic (exact) mass is 470 g/mol. The van der Waals surface area contributed by atoms with Crippen LogP contribution in [0.25, 0.3) is 28.2 Å². The smallest absolute Gasteiger partial charge is 0.240 e. The van der Waals surface area contributed by atoms with Crippen LogP contribution >= 0.6 is 0 Å². The lowest BCUT2D eigenvalue weighted by atomic mass is 9.98. The zero-order chi connectivity index (χ0) is 24.5. The lowest BCUT2D eigenvalue weighted by Gasteiger charge is -2.13. The second kappa shape index (κ2) is 8.83. The maximum Gasteiger partial charge on any atom is 0.240 e.